The number of nitrogens with zero attached hydrogens (tertiary/aromatic N) is 5. The summed E-state index contributed by atoms with van der Waals surface area (Å²) in [5.74, 6) is 0. The number of thioether (sulfide) groups is 1. The molecule has 0 fully saturated rings. The molecule has 0 aliphatic carbocycles. The van der Waals surface area contributed by atoms with E-state index in [2.05, 4.69) is 35.8 Å². The lowest BCUT2D eigenvalue weighted by Crippen LogP contribution is -2.31. The van der Waals surface area contributed by atoms with Gasteiger partial charge in [0.2, 0.25) is 0 Å². The number of aromatic nitrogens is 3. The van der Waals surface area contributed by atoms with Crippen molar-refractivity contribution in [1.82, 2.24) is 14.8 Å². The average molecular weight is 358 g/mol. The first kappa shape index (κ1) is 17.3. The Balaban J connectivity index is 2.20. The minimum absolute atomic E-state index is 0.0430. The fourth-order valence-electron chi connectivity index (χ4n) is 2.52. The van der Waals surface area contributed by atoms with Crippen molar-refractivity contribution >= 4 is 33.8 Å². The predicted molar refractivity (Wildman–Crippen MR) is 98.7 cm³/mol. The molecule has 0 spiro atoms. The van der Waals surface area contributed by atoms with Gasteiger partial charge in [-0.05, 0) is 17.7 Å². The third-order valence-corrected chi connectivity index (χ3v) is 4.64. The van der Waals surface area contributed by atoms with Gasteiger partial charge in [0.1, 0.15) is 23.8 Å². The van der Waals surface area contributed by atoms with Crippen molar-refractivity contribution in [3.05, 3.63) is 52.6 Å². The van der Waals surface area contributed by atoms with E-state index in [9.17, 15) is 10.1 Å². The summed E-state index contributed by atoms with van der Waals surface area (Å²) in [7, 11) is 0. The number of rotatable bonds is 3. The molecule has 1 atom stereocenters. The van der Waals surface area contributed by atoms with Crippen LogP contribution >= 0.6 is 11.8 Å². The van der Waals surface area contributed by atoms with Crippen molar-refractivity contribution in [3.8, 4) is 0 Å². The van der Waals surface area contributed by atoms with Crippen molar-refractivity contribution in [2.24, 2.45) is 16.1 Å². The highest BCUT2D eigenvalue weighted by molar-refractivity contribution is 8.09. The summed E-state index contributed by atoms with van der Waals surface area (Å²) in [6.45, 7) is 6.16. The maximum absolute atomic E-state index is 10.9. The van der Waals surface area contributed by atoms with Gasteiger partial charge in [-0.15, -0.1) is 0 Å². The molecule has 2 N–H and O–H groups in total. The summed E-state index contributed by atoms with van der Waals surface area (Å²) in [4.78, 5) is 20.0. The van der Waals surface area contributed by atoms with Crippen LogP contribution in [-0.4, -0.2) is 30.9 Å². The zero-order chi connectivity index (χ0) is 18.2. The number of nitro groups is 1. The lowest BCUT2D eigenvalue weighted by molar-refractivity contribution is -0.384. The number of hydrogen-bond acceptors (Lipinski definition) is 7. The number of non-ortho nitro benzene ring substituents is 1. The van der Waals surface area contributed by atoms with E-state index < -0.39 is 10.4 Å². The van der Waals surface area contributed by atoms with Gasteiger partial charge < -0.3 is 5.73 Å². The number of hydrogen-bond donors (Lipinski definition) is 1. The fraction of sp³-hybridized carbons (Fsp3) is 0.312. The first-order valence-electron chi connectivity index (χ1n) is 7.62. The second kappa shape index (κ2) is 6.41. The molecule has 1 aromatic heterocycles. The molecular formula is C16H18N6O2S. The van der Waals surface area contributed by atoms with Gasteiger partial charge in [0, 0.05) is 22.5 Å². The van der Waals surface area contributed by atoms with E-state index in [-0.39, 0.29) is 11.1 Å². The Labute approximate surface area is 149 Å². The standard InChI is InChI=1S/C16H18N6O2S/c1-16(2,3)14-12(21-9-18-8-19-21)13(25-15(17)20-14)10-4-6-11(7-5-10)22(23)24/h4-9,15H,17H2,1-3H3. The molecule has 2 aromatic rings. The summed E-state index contributed by atoms with van der Waals surface area (Å²) in [6, 6.07) is 6.40. The van der Waals surface area contributed by atoms with E-state index in [0.29, 0.717) is 0 Å². The van der Waals surface area contributed by atoms with Crippen LogP contribution in [0.3, 0.4) is 0 Å². The van der Waals surface area contributed by atoms with Crippen LogP contribution in [0.2, 0.25) is 0 Å². The van der Waals surface area contributed by atoms with Crippen LogP contribution in [0.1, 0.15) is 26.3 Å². The molecule has 0 saturated heterocycles. The van der Waals surface area contributed by atoms with Gasteiger partial charge in [0.05, 0.1) is 10.6 Å². The van der Waals surface area contributed by atoms with E-state index in [1.807, 2.05) is 0 Å². The molecule has 1 unspecified atom stereocenters. The minimum atomic E-state index is -0.452. The van der Waals surface area contributed by atoms with E-state index in [0.717, 1.165) is 21.9 Å². The Morgan fingerprint density at radius 2 is 1.96 bits per heavy atom. The molecule has 2 heterocycles. The molecular weight excluding hydrogens is 340 g/mol. The zero-order valence-corrected chi connectivity index (χ0v) is 14.9. The summed E-state index contributed by atoms with van der Waals surface area (Å²) in [5, 5.41) is 15.2. The van der Waals surface area contributed by atoms with Gasteiger partial charge in [-0.2, -0.15) is 5.10 Å². The Morgan fingerprint density at radius 3 is 2.48 bits per heavy atom. The van der Waals surface area contributed by atoms with Crippen LogP contribution in [0.5, 0.6) is 0 Å². The van der Waals surface area contributed by atoms with E-state index in [1.165, 1.54) is 30.2 Å². The first-order chi connectivity index (χ1) is 11.8. The van der Waals surface area contributed by atoms with Gasteiger partial charge in [-0.3, -0.25) is 15.1 Å². The smallest absolute Gasteiger partial charge is 0.269 e. The van der Waals surface area contributed by atoms with Gasteiger partial charge >= 0.3 is 0 Å². The molecule has 1 aliphatic heterocycles. The average Bonchev–Trinajstić information content (AvgIpc) is 3.07. The molecule has 0 bridgehead atoms. The topological polar surface area (TPSA) is 112 Å². The third-order valence-electron chi connectivity index (χ3n) is 3.63. The highest BCUT2D eigenvalue weighted by Gasteiger charge is 2.32. The van der Waals surface area contributed by atoms with E-state index in [1.54, 1.807) is 23.1 Å². The Kier molecular flexibility index (Phi) is 4.44. The minimum Gasteiger partial charge on any atom is -0.301 e. The monoisotopic (exact) mass is 358 g/mol. The van der Waals surface area contributed by atoms with Gasteiger partial charge in [-0.25, -0.2) is 9.67 Å². The number of aliphatic imine (C=N–C) groups is 1. The van der Waals surface area contributed by atoms with Crippen molar-refractivity contribution in [3.63, 3.8) is 0 Å². The third kappa shape index (κ3) is 3.47. The van der Waals surface area contributed by atoms with Crippen molar-refractivity contribution < 1.29 is 4.92 Å². The van der Waals surface area contributed by atoms with Crippen LogP contribution in [0, 0.1) is 15.5 Å². The normalized spacial score (nSPS) is 18.2. The number of nitro benzene ring substituents is 1. The van der Waals surface area contributed by atoms with Crippen LogP contribution in [0.25, 0.3) is 10.6 Å². The largest absolute Gasteiger partial charge is 0.301 e. The SMILES string of the molecule is CC(C)(C)C1=NC(N)SC(c2ccc([N+](=O)[O-])cc2)=C1n1cncn1. The highest BCUT2D eigenvalue weighted by atomic mass is 32.2. The molecule has 9 heteroatoms. The maximum atomic E-state index is 10.9. The molecule has 8 nitrogen and oxygen atoms in total. The highest BCUT2D eigenvalue weighted by Crippen LogP contribution is 2.42. The van der Waals surface area contributed by atoms with Crippen LogP contribution in [0.15, 0.2) is 41.9 Å². The lowest BCUT2D eigenvalue weighted by Gasteiger charge is -2.30. The molecule has 0 radical (unpaired) electrons. The quantitative estimate of drug-likeness (QED) is 0.667. The van der Waals surface area contributed by atoms with Crippen LogP contribution in [-0.2, 0) is 0 Å². The van der Waals surface area contributed by atoms with E-state index >= 15 is 0 Å². The second-order valence-corrected chi connectivity index (χ2v) is 7.68. The summed E-state index contributed by atoms with van der Waals surface area (Å²) >= 11 is 1.39. The van der Waals surface area contributed by atoms with Crippen molar-refractivity contribution in [2.45, 2.75) is 26.3 Å². The molecule has 1 aliphatic rings. The number of nitrogens with two attached hydrogens (primary N) is 1. The van der Waals surface area contributed by atoms with E-state index in [4.69, 9.17) is 5.73 Å². The van der Waals surface area contributed by atoms with Crippen molar-refractivity contribution in [2.75, 3.05) is 0 Å². The first-order valence-corrected chi connectivity index (χ1v) is 8.50. The number of allylic oxidation sites excluding steroid dienone is 1. The molecule has 0 amide bonds. The zero-order valence-electron chi connectivity index (χ0n) is 14.1. The number of benzene rings is 1. The molecule has 3 rings (SSSR count). The summed E-state index contributed by atoms with van der Waals surface area (Å²) < 4.78 is 1.67. The second-order valence-electron chi connectivity index (χ2n) is 6.56. The van der Waals surface area contributed by atoms with Crippen LogP contribution in [0.4, 0.5) is 5.69 Å². The fourth-order valence-corrected chi connectivity index (χ4v) is 3.50. The Morgan fingerprint density at radius 1 is 1.28 bits per heavy atom. The maximum Gasteiger partial charge on any atom is 0.269 e. The summed E-state index contributed by atoms with van der Waals surface area (Å²) in [5.41, 5.74) is 7.91. The van der Waals surface area contributed by atoms with Crippen molar-refractivity contribution in [1.29, 1.82) is 0 Å². The van der Waals surface area contributed by atoms with Gasteiger partial charge in [0.15, 0.2) is 0 Å². The Bertz CT molecular complexity index is 850. The molecule has 25 heavy (non-hydrogen) atoms. The lowest BCUT2D eigenvalue weighted by atomic mass is 9.87. The molecule has 1 aromatic carbocycles. The molecule has 130 valence electrons. The van der Waals surface area contributed by atoms with Gasteiger partial charge in [0.25, 0.3) is 5.69 Å². The molecule has 0 saturated carbocycles. The Hall–Kier alpha value is -2.52. The summed E-state index contributed by atoms with van der Waals surface area (Å²) in [6.07, 6.45) is 3.07. The predicted octanol–water partition coefficient (Wildman–Crippen LogP) is 2.99. The van der Waals surface area contributed by atoms with Gasteiger partial charge in [-0.1, -0.05) is 32.5 Å². The van der Waals surface area contributed by atoms with Crippen LogP contribution < -0.4 is 5.73 Å².